The first-order chi connectivity index (χ1) is 10.7. The molecular formula is C16H16FNO4. The summed E-state index contributed by atoms with van der Waals surface area (Å²) in [6.45, 7) is 0.446. The van der Waals surface area contributed by atoms with Crippen molar-refractivity contribution in [2.45, 2.75) is 6.10 Å². The van der Waals surface area contributed by atoms with Crippen molar-refractivity contribution < 1.29 is 23.7 Å². The second-order valence-electron chi connectivity index (χ2n) is 4.85. The van der Waals surface area contributed by atoms with Gasteiger partial charge in [0.25, 0.3) is 0 Å². The van der Waals surface area contributed by atoms with Crippen molar-refractivity contribution in [1.29, 1.82) is 0 Å². The zero-order valence-corrected chi connectivity index (χ0v) is 12.0. The molecule has 0 radical (unpaired) electrons. The van der Waals surface area contributed by atoms with E-state index in [0.29, 0.717) is 28.5 Å². The molecule has 0 spiro atoms. The molecule has 116 valence electrons. The Balaban J connectivity index is 1.68. The van der Waals surface area contributed by atoms with Crippen LogP contribution in [0.15, 0.2) is 36.4 Å². The lowest BCUT2D eigenvalue weighted by molar-refractivity contribution is 0.173. The van der Waals surface area contributed by atoms with Crippen LogP contribution in [0.4, 0.5) is 10.1 Å². The predicted molar refractivity (Wildman–Crippen MR) is 79.0 cm³/mol. The summed E-state index contributed by atoms with van der Waals surface area (Å²) >= 11 is 0. The second kappa shape index (κ2) is 6.11. The molecule has 0 saturated heterocycles. The normalized spacial score (nSPS) is 13.8. The Bertz CT molecular complexity index is 677. The highest BCUT2D eigenvalue weighted by atomic mass is 19.1. The van der Waals surface area contributed by atoms with Gasteiger partial charge < -0.3 is 24.6 Å². The monoisotopic (exact) mass is 305 g/mol. The summed E-state index contributed by atoms with van der Waals surface area (Å²) < 4.78 is 28.8. The van der Waals surface area contributed by atoms with Gasteiger partial charge in [0.05, 0.1) is 18.9 Å². The van der Waals surface area contributed by atoms with Gasteiger partial charge in [0.2, 0.25) is 6.79 Å². The van der Waals surface area contributed by atoms with Crippen LogP contribution in [-0.2, 0) is 0 Å². The maximum Gasteiger partial charge on any atom is 0.231 e. The van der Waals surface area contributed by atoms with Crippen LogP contribution in [0.1, 0.15) is 11.7 Å². The summed E-state index contributed by atoms with van der Waals surface area (Å²) in [5, 5.41) is 13.3. The van der Waals surface area contributed by atoms with Gasteiger partial charge in [-0.3, -0.25) is 0 Å². The van der Waals surface area contributed by atoms with Gasteiger partial charge in [0.1, 0.15) is 11.6 Å². The molecule has 1 atom stereocenters. The van der Waals surface area contributed by atoms with Gasteiger partial charge in [-0.2, -0.15) is 0 Å². The molecule has 0 saturated carbocycles. The third kappa shape index (κ3) is 2.92. The quantitative estimate of drug-likeness (QED) is 0.889. The average molecular weight is 305 g/mol. The van der Waals surface area contributed by atoms with E-state index in [1.54, 1.807) is 24.3 Å². The maximum atomic E-state index is 13.1. The Morgan fingerprint density at radius 3 is 2.86 bits per heavy atom. The third-order valence-corrected chi connectivity index (χ3v) is 3.43. The molecule has 2 N–H and O–H groups in total. The minimum Gasteiger partial charge on any atom is -0.494 e. The zero-order valence-electron chi connectivity index (χ0n) is 12.0. The number of aliphatic hydroxyl groups is 1. The minimum atomic E-state index is -0.746. The van der Waals surface area contributed by atoms with E-state index in [9.17, 15) is 9.50 Å². The topological polar surface area (TPSA) is 60.0 Å². The highest BCUT2D eigenvalue weighted by Gasteiger charge is 2.17. The number of nitrogens with one attached hydrogen (secondary N) is 1. The van der Waals surface area contributed by atoms with Gasteiger partial charge in [-0.25, -0.2) is 4.39 Å². The van der Waals surface area contributed by atoms with Crippen molar-refractivity contribution in [3.05, 3.63) is 47.8 Å². The number of methoxy groups -OCH3 is 1. The van der Waals surface area contributed by atoms with Gasteiger partial charge in [-0.05, 0) is 29.8 Å². The van der Waals surface area contributed by atoms with E-state index in [1.807, 2.05) is 0 Å². The summed E-state index contributed by atoms with van der Waals surface area (Å²) in [4.78, 5) is 0. The Morgan fingerprint density at radius 1 is 1.23 bits per heavy atom. The lowest BCUT2D eigenvalue weighted by atomic mass is 10.1. The van der Waals surface area contributed by atoms with Crippen molar-refractivity contribution >= 4 is 5.69 Å². The van der Waals surface area contributed by atoms with Crippen LogP contribution < -0.4 is 19.5 Å². The molecule has 0 amide bonds. The molecule has 1 aliphatic heterocycles. The molecule has 0 bridgehead atoms. The van der Waals surface area contributed by atoms with Crippen LogP contribution in [0.2, 0.25) is 0 Å². The van der Waals surface area contributed by atoms with Crippen LogP contribution >= 0.6 is 0 Å². The van der Waals surface area contributed by atoms with E-state index in [-0.39, 0.29) is 19.2 Å². The van der Waals surface area contributed by atoms with Gasteiger partial charge in [0, 0.05) is 12.6 Å². The fourth-order valence-electron chi connectivity index (χ4n) is 2.26. The van der Waals surface area contributed by atoms with Crippen molar-refractivity contribution in [1.82, 2.24) is 0 Å². The van der Waals surface area contributed by atoms with Crippen molar-refractivity contribution in [2.75, 3.05) is 25.8 Å². The van der Waals surface area contributed by atoms with E-state index in [2.05, 4.69) is 5.32 Å². The highest BCUT2D eigenvalue weighted by Crippen LogP contribution is 2.34. The van der Waals surface area contributed by atoms with Crippen LogP contribution in [-0.4, -0.2) is 25.6 Å². The standard InChI is InChI=1S/C16H16FNO4/c1-20-15-7-11(17)3-4-12(15)18-8-13(19)10-2-5-14-16(6-10)22-9-21-14/h2-7,13,18-19H,8-9H2,1H3. The molecule has 22 heavy (non-hydrogen) atoms. The molecule has 6 heteroatoms. The van der Waals surface area contributed by atoms with Crippen LogP contribution in [0.5, 0.6) is 17.2 Å². The number of hydrogen-bond donors (Lipinski definition) is 2. The Labute approximate surface area is 127 Å². The van der Waals surface area contributed by atoms with E-state index < -0.39 is 6.10 Å². The summed E-state index contributed by atoms with van der Waals surface area (Å²) in [7, 11) is 1.47. The number of ether oxygens (including phenoxy) is 3. The van der Waals surface area contributed by atoms with Crippen molar-refractivity contribution in [3.8, 4) is 17.2 Å². The third-order valence-electron chi connectivity index (χ3n) is 3.43. The molecule has 2 aromatic carbocycles. The van der Waals surface area contributed by atoms with Crippen molar-refractivity contribution in [3.63, 3.8) is 0 Å². The number of aliphatic hydroxyl groups excluding tert-OH is 1. The molecule has 1 aliphatic rings. The summed E-state index contributed by atoms with van der Waals surface area (Å²) in [5.74, 6) is 1.30. The molecule has 0 fully saturated rings. The van der Waals surface area contributed by atoms with E-state index in [0.717, 1.165) is 0 Å². The zero-order chi connectivity index (χ0) is 15.5. The number of anilines is 1. The molecule has 0 aliphatic carbocycles. The van der Waals surface area contributed by atoms with E-state index in [4.69, 9.17) is 14.2 Å². The number of rotatable bonds is 5. The molecule has 5 nitrogen and oxygen atoms in total. The minimum absolute atomic E-state index is 0.194. The first-order valence-corrected chi connectivity index (χ1v) is 6.82. The first kappa shape index (κ1) is 14.5. The SMILES string of the molecule is COc1cc(F)ccc1NCC(O)c1ccc2c(c1)OCO2. The summed E-state index contributed by atoms with van der Waals surface area (Å²) in [5.41, 5.74) is 1.32. The van der Waals surface area contributed by atoms with Gasteiger partial charge in [-0.15, -0.1) is 0 Å². The Kier molecular flexibility index (Phi) is 4.02. The smallest absolute Gasteiger partial charge is 0.231 e. The molecule has 0 aromatic heterocycles. The van der Waals surface area contributed by atoms with E-state index in [1.165, 1.54) is 19.2 Å². The Morgan fingerprint density at radius 2 is 2.05 bits per heavy atom. The number of fused-ring (bicyclic) bond motifs is 1. The van der Waals surface area contributed by atoms with Crippen LogP contribution in [0.3, 0.4) is 0 Å². The second-order valence-corrected chi connectivity index (χ2v) is 4.85. The molecule has 1 unspecified atom stereocenters. The van der Waals surface area contributed by atoms with E-state index >= 15 is 0 Å². The fraction of sp³-hybridized carbons (Fsp3) is 0.250. The lowest BCUT2D eigenvalue weighted by Gasteiger charge is -2.15. The molecule has 1 heterocycles. The van der Waals surface area contributed by atoms with Crippen LogP contribution in [0, 0.1) is 5.82 Å². The highest BCUT2D eigenvalue weighted by molar-refractivity contribution is 5.56. The van der Waals surface area contributed by atoms with Crippen molar-refractivity contribution in [2.24, 2.45) is 0 Å². The number of halogens is 1. The summed E-state index contributed by atoms with van der Waals surface area (Å²) in [6.07, 6.45) is -0.746. The van der Waals surface area contributed by atoms with Gasteiger partial charge >= 0.3 is 0 Å². The number of benzene rings is 2. The fourth-order valence-corrected chi connectivity index (χ4v) is 2.26. The first-order valence-electron chi connectivity index (χ1n) is 6.82. The maximum absolute atomic E-state index is 13.1. The van der Waals surface area contributed by atoms with Gasteiger partial charge in [0.15, 0.2) is 11.5 Å². The molecular weight excluding hydrogens is 289 g/mol. The van der Waals surface area contributed by atoms with Gasteiger partial charge in [-0.1, -0.05) is 6.07 Å². The Hall–Kier alpha value is -2.47. The predicted octanol–water partition coefficient (Wildman–Crippen LogP) is 2.71. The van der Waals surface area contributed by atoms with Crippen LogP contribution in [0.25, 0.3) is 0 Å². The lowest BCUT2D eigenvalue weighted by Crippen LogP contribution is -2.12. The largest absolute Gasteiger partial charge is 0.494 e. The summed E-state index contributed by atoms with van der Waals surface area (Å²) in [6, 6.07) is 9.48. The molecule has 3 rings (SSSR count). The number of hydrogen-bond acceptors (Lipinski definition) is 5. The average Bonchev–Trinajstić information content (AvgIpc) is 3.00. The molecule has 2 aromatic rings.